The molecule has 3 atom stereocenters. The van der Waals surface area contributed by atoms with E-state index >= 15 is 0 Å². The van der Waals surface area contributed by atoms with E-state index in [-0.39, 0.29) is 23.8 Å². The fourth-order valence-corrected chi connectivity index (χ4v) is 4.43. The van der Waals surface area contributed by atoms with Gasteiger partial charge in [0.15, 0.2) is 0 Å². The second-order valence-electron chi connectivity index (χ2n) is 11.1. The summed E-state index contributed by atoms with van der Waals surface area (Å²) in [6.45, 7) is 16.7. The molecule has 0 aliphatic carbocycles. The van der Waals surface area contributed by atoms with Crippen molar-refractivity contribution in [1.29, 1.82) is 0 Å². The van der Waals surface area contributed by atoms with Crippen LogP contribution in [0.1, 0.15) is 77.6 Å². The minimum Gasteiger partial charge on any atom is -0.444 e. The number of rotatable bonds is 9. The normalized spacial score (nSPS) is 13.9. The van der Waals surface area contributed by atoms with Gasteiger partial charge in [-0.1, -0.05) is 74.3 Å². The van der Waals surface area contributed by atoms with Crippen LogP contribution in [0.15, 0.2) is 42.5 Å². The Bertz CT molecular complexity index is 1120. The average molecular weight is 544 g/mol. The lowest BCUT2D eigenvalue weighted by Gasteiger charge is -2.39. The molecule has 3 unspecified atom stereocenters. The second-order valence-corrected chi connectivity index (χ2v) is 11.5. The quantitative estimate of drug-likeness (QED) is 0.363. The molecule has 0 saturated carbocycles. The molecule has 0 heterocycles. The van der Waals surface area contributed by atoms with Crippen molar-refractivity contribution in [3.8, 4) is 0 Å². The monoisotopic (exact) mass is 543 g/mol. The van der Waals surface area contributed by atoms with E-state index in [2.05, 4.69) is 10.6 Å². The first-order valence-corrected chi connectivity index (χ1v) is 13.5. The number of nitrogens with zero attached hydrogens (tertiary/aromatic N) is 1. The van der Waals surface area contributed by atoms with E-state index in [1.165, 1.54) is 0 Å². The molecule has 0 aliphatic rings. The van der Waals surface area contributed by atoms with Gasteiger partial charge in [-0.25, -0.2) is 4.79 Å². The molecule has 8 heteroatoms. The van der Waals surface area contributed by atoms with Crippen molar-refractivity contribution in [2.24, 2.45) is 5.92 Å². The summed E-state index contributed by atoms with van der Waals surface area (Å²) in [4.78, 5) is 42.5. The summed E-state index contributed by atoms with van der Waals surface area (Å²) in [7, 11) is 0. The summed E-state index contributed by atoms with van der Waals surface area (Å²) >= 11 is 6.43. The molecule has 7 nitrogen and oxygen atoms in total. The molecule has 2 N–H and O–H groups in total. The molecule has 38 heavy (non-hydrogen) atoms. The maximum Gasteiger partial charge on any atom is 0.408 e. The Morgan fingerprint density at radius 1 is 1.03 bits per heavy atom. The smallest absolute Gasteiger partial charge is 0.408 e. The number of para-hydroxylation sites is 1. The minimum atomic E-state index is -0.963. The number of aryl methyl sites for hydroxylation is 2. The number of nitrogens with one attached hydrogen (secondary N) is 2. The highest BCUT2D eigenvalue weighted by Gasteiger charge is 2.39. The van der Waals surface area contributed by atoms with Crippen molar-refractivity contribution in [3.05, 3.63) is 64.2 Å². The third kappa shape index (κ3) is 8.22. The van der Waals surface area contributed by atoms with Gasteiger partial charge >= 0.3 is 6.09 Å². The van der Waals surface area contributed by atoms with E-state index in [9.17, 15) is 14.4 Å². The van der Waals surface area contributed by atoms with Gasteiger partial charge in [0.05, 0.1) is 10.7 Å². The van der Waals surface area contributed by atoms with Crippen molar-refractivity contribution in [1.82, 2.24) is 10.2 Å². The highest BCUT2D eigenvalue weighted by atomic mass is 35.5. The van der Waals surface area contributed by atoms with Crippen LogP contribution in [0.4, 0.5) is 10.5 Å². The lowest BCUT2D eigenvalue weighted by molar-refractivity contribution is -0.144. The molecule has 2 aromatic rings. The van der Waals surface area contributed by atoms with Gasteiger partial charge in [-0.3, -0.25) is 9.59 Å². The average Bonchev–Trinajstić information content (AvgIpc) is 2.81. The first kappa shape index (κ1) is 31.2. The number of hydrogen-bond acceptors (Lipinski definition) is 4. The molecule has 0 aliphatic heterocycles. The third-order valence-corrected chi connectivity index (χ3v) is 6.59. The summed E-state index contributed by atoms with van der Waals surface area (Å²) in [5.41, 5.74) is 2.21. The van der Waals surface area contributed by atoms with Crippen molar-refractivity contribution < 1.29 is 19.1 Å². The Hall–Kier alpha value is -3.06. The molecule has 2 aromatic carbocycles. The molecule has 0 saturated heterocycles. The fraction of sp³-hybridized carbons (Fsp3) is 0.500. The summed E-state index contributed by atoms with van der Waals surface area (Å²) in [6, 6.07) is 10.8. The Morgan fingerprint density at radius 3 is 2.18 bits per heavy atom. The van der Waals surface area contributed by atoms with Crippen molar-refractivity contribution in [2.75, 3.05) is 5.32 Å². The first-order chi connectivity index (χ1) is 17.7. The van der Waals surface area contributed by atoms with Crippen LogP contribution in [0.2, 0.25) is 5.02 Å². The topological polar surface area (TPSA) is 87.7 Å². The van der Waals surface area contributed by atoms with Gasteiger partial charge in [0.1, 0.15) is 17.7 Å². The van der Waals surface area contributed by atoms with Crippen molar-refractivity contribution >= 4 is 35.2 Å². The first-order valence-electron chi connectivity index (χ1n) is 13.1. The van der Waals surface area contributed by atoms with Gasteiger partial charge in [-0.2, -0.15) is 0 Å². The van der Waals surface area contributed by atoms with Crippen LogP contribution < -0.4 is 10.6 Å². The predicted molar refractivity (Wildman–Crippen MR) is 153 cm³/mol. The van der Waals surface area contributed by atoms with Gasteiger partial charge in [0.2, 0.25) is 5.91 Å². The van der Waals surface area contributed by atoms with Crippen LogP contribution in [-0.2, 0) is 14.3 Å². The zero-order chi connectivity index (χ0) is 28.8. The third-order valence-electron chi connectivity index (χ3n) is 6.28. The molecule has 0 spiro atoms. The molecule has 0 bridgehead atoms. The van der Waals surface area contributed by atoms with E-state index in [0.29, 0.717) is 22.7 Å². The highest BCUT2D eigenvalue weighted by molar-refractivity contribution is 6.34. The Balaban J connectivity index is 2.60. The largest absolute Gasteiger partial charge is 0.444 e. The summed E-state index contributed by atoms with van der Waals surface area (Å²) in [5, 5.41) is 6.14. The van der Waals surface area contributed by atoms with Gasteiger partial charge in [-0.15, -0.1) is 0 Å². The van der Waals surface area contributed by atoms with E-state index in [0.717, 1.165) is 11.1 Å². The van der Waals surface area contributed by atoms with Crippen molar-refractivity contribution in [3.63, 3.8) is 0 Å². The molecule has 0 radical (unpaired) electrons. The maximum atomic E-state index is 14.2. The van der Waals surface area contributed by atoms with E-state index in [1.807, 2.05) is 77.9 Å². The van der Waals surface area contributed by atoms with Crippen LogP contribution in [-0.4, -0.2) is 40.5 Å². The predicted octanol–water partition coefficient (Wildman–Crippen LogP) is 6.81. The Morgan fingerprint density at radius 2 is 1.66 bits per heavy atom. The zero-order valence-electron chi connectivity index (χ0n) is 24.0. The standard InChI is InChI=1S/C30H42ClN3O4/c1-10-21(6)34(28(36)24(18(2)3)33-29(37)38-30(7,8)9)26(22-15-11-13-19(4)17-22)27(35)32-25-20(5)14-12-16-23(25)31/h11-18,21,24,26H,10H2,1-9H3,(H,32,35)(H,33,37). The van der Waals surface area contributed by atoms with E-state index in [1.54, 1.807) is 31.7 Å². The SMILES string of the molecule is CCC(C)N(C(=O)C(NC(=O)OC(C)(C)C)C(C)C)C(C(=O)Nc1c(C)cccc1Cl)c1cccc(C)c1. The molecule has 2 rings (SSSR count). The number of ether oxygens (including phenoxy) is 1. The number of amides is 3. The van der Waals surface area contributed by atoms with Gasteiger partial charge in [0.25, 0.3) is 5.91 Å². The molecule has 3 amide bonds. The fourth-order valence-electron chi connectivity index (χ4n) is 4.16. The van der Waals surface area contributed by atoms with Crippen molar-refractivity contribution in [2.45, 2.75) is 92.5 Å². The second kappa shape index (κ2) is 13.1. The molecule has 0 fully saturated rings. The highest BCUT2D eigenvalue weighted by Crippen LogP contribution is 2.31. The molecule has 0 aromatic heterocycles. The molecular formula is C30H42ClN3O4. The van der Waals surface area contributed by atoms with Crippen LogP contribution >= 0.6 is 11.6 Å². The van der Waals surface area contributed by atoms with Crippen LogP contribution in [0.25, 0.3) is 0 Å². The van der Waals surface area contributed by atoms with E-state index < -0.39 is 23.8 Å². The number of carbonyl (C=O) groups is 3. The number of carbonyl (C=O) groups excluding carboxylic acids is 3. The summed E-state index contributed by atoms with van der Waals surface area (Å²) in [5.74, 6) is -1.01. The minimum absolute atomic E-state index is 0.256. The number of anilines is 1. The van der Waals surface area contributed by atoms with Crippen LogP contribution in [0, 0.1) is 19.8 Å². The Labute approximate surface area is 232 Å². The number of halogens is 1. The lowest BCUT2D eigenvalue weighted by atomic mass is 9.96. The molecule has 208 valence electrons. The summed E-state index contributed by atoms with van der Waals surface area (Å²) < 4.78 is 5.43. The zero-order valence-corrected chi connectivity index (χ0v) is 24.8. The maximum absolute atomic E-state index is 14.2. The van der Waals surface area contributed by atoms with Crippen LogP contribution in [0.3, 0.4) is 0 Å². The number of alkyl carbamates (subject to hydrolysis) is 1. The van der Waals surface area contributed by atoms with Crippen LogP contribution in [0.5, 0.6) is 0 Å². The van der Waals surface area contributed by atoms with Gasteiger partial charge in [-0.05, 0) is 71.1 Å². The Kier molecular flexibility index (Phi) is 10.8. The van der Waals surface area contributed by atoms with Gasteiger partial charge < -0.3 is 20.3 Å². The number of hydrogen-bond donors (Lipinski definition) is 2. The molecular weight excluding hydrogens is 502 g/mol. The summed E-state index contributed by atoms with van der Waals surface area (Å²) in [6.07, 6.45) is -0.0825. The number of benzene rings is 2. The lowest BCUT2D eigenvalue weighted by Crippen LogP contribution is -2.56. The van der Waals surface area contributed by atoms with Gasteiger partial charge in [0, 0.05) is 6.04 Å². The van der Waals surface area contributed by atoms with E-state index in [4.69, 9.17) is 16.3 Å².